The highest BCUT2D eigenvalue weighted by Crippen LogP contribution is 2.40. The van der Waals surface area contributed by atoms with Crippen LogP contribution in [0.4, 0.5) is 0 Å². The number of dihydropyridines is 1. The van der Waals surface area contributed by atoms with Crippen molar-refractivity contribution in [1.82, 2.24) is 10.3 Å². The van der Waals surface area contributed by atoms with Gasteiger partial charge in [0.25, 0.3) is 0 Å². The highest BCUT2D eigenvalue weighted by atomic mass is 16.5. The van der Waals surface area contributed by atoms with E-state index in [1.807, 2.05) is 60.8 Å². The Balaban J connectivity index is 1.95. The second-order valence-electron chi connectivity index (χ2n) is 7.99. The number of nitrogens with zero attached hydrogens (tertiary/aromatic N) is 2. The second-order valence-corrected chi connectivity index (χ2v) is 7.99. The van der Waals surface area contributed by atoms with Crippen LogP contribution in [0.3, 0.4) is 0 Å². The van der Waals surface area contributed by atoms with Gasteiger partial charge in [-0.1, -0.05) is 42.5 Å². The molecule has 0 amide bonds. The largest absolute Gasteiger partial charge is 0.459 e. The van der Waals surface area contributed by atoms with Crippen molar-refractivity contribution < 1.29 is 9.53 Å². The predicted molar refractivity (Wildman–Crippen MR) is 124 cm³/mol. The van der Waals surface area contributed by atoms with Crippen LogP contribution in [0.2, 0.25) is 0 Å². The van der Waals surface area contributed by atoms with Gasteiger partial charge in [-0.15, -0.1) is 0 Å². The molecule has 3 aromatic rings. The molecule has 6 nitrogen and oxygen atoms in total. The molecule has 0 saturated carbocycles. The molecule has 0 aliphatic carbocycles. The lowest BCUT2D eigenvalue weighted by atomic mass is 9.80. The maximum absolute atomic E-state index is 13.0. The van der Waals surface area contributed by atoms with Gasteiger partial charge in [-0.2, -0.15) is 5.26 Å². The number of carbonyl (C=O) groups is 1. The molecule has 32 heavy (non-hydrogen) atoms. The number of allylic oxidation sites excluding steroid dienone is 2. The zero-order chi connectivity index (χ0) is 22.8. The van der Waals surface area contributed by atoms with Gasteiger partial charge in [-0.25, -0.2) is 4.79 Å². The average molecular weight is 425 g/mol. The first-order valence-electron chi connectivity index (χ1n) is 10.4. The number of hydrogen-bond donors (Lipinski definition) is 2. The summed E-state index contributed by atoms with van der Waals surface area (Å²) in [5.74, 6) is -1.01. The molecule has 2 aromatic carbocycles. The number of nitriles is 1. The van der Waals surface area contributed by atoms with E-state index in [0.29, 0.717) is 11.3 Å². The second kappa shape index (κ2) is 8.56. The zero-order valence-corrected chi connectivity index (χ0v) is 18.2. The Morgan fingerprint density at radius 1 is 1.16 bits per heavy atom. The summed E-state index contributed by atoms with van der Waals surface area (Å²) in [7, 11) is 0. The van der Waals surface area contributed by atoms with Gasteiger partial charge in [0, 0.05) is 22.8 Å². The Hall–Kier alpha value is -4.11. The number of rotatable bonds is 4. The lowest BCUT2D eigenvalue weighted by Crippen LogP contribution is -2.34. The Morgan fingerprint density at radius 2 is 1.91 bits per heavy atom. The van der Waals surface area contributed by atoms with Crippen LogP contribution >= 0.6 is 0 Å². The van der Waals surface area contributed by atoms with Gasteiger partial charge in [-0.05, 0) is 44.0 Å². The van der Waals surface area contributed by atoms with Gasteiger partial charge < -0.3 is 15.8 Å². The van der Waals surface area contributed by atoms with Crippen LogP contribution in [0.25, 0.3) is 22.0 Å². The summed E-state index contributed by atoms with van der Waals surface area (Å²) in [6, 6.07) is 20.0. The third-order valence-electron chi connectivity index (χ3n) is 5.45. The molecule has 0 radical (unpaired) electrons. The van der Waals surface area contributed by atoms with E-state index >= 15 is 0 Å². The van der Waals surface area contributed by atoms with Gasteiger partial charge in [0.2, 0.25) is 0 Å². The van der Waals surface area contributed by atoms with E-state index in [1.165, 1.54) is 0 Å². The van der Waals surface area contributed by atoms with Crippen molar-refractivity contribution >= 4 is 16.9 Å². The molecule has 0 fully saturated rings. The SMILES string of the molecule is CC1=C(C#N)[C@@H](c2cccc3ncc(-c4ccccc4)cc23)C(C(=O)OC(C)C)=C(N)N1. The van der Waals surface area contributed by atoms with Crippen molar-refractivity contribution in [2.75, 3.05) is 0 Å². The predicted octanol–water partition coefficient (Wildman–Crippen LogP) is 4.51. The van der Waals surface area contributed by atoms with E-state index in [2.05, 4.69) is 16.4 Å². The number of nitrogens with two attached hydrogens (primary N) is 1. The number of aromatic nitrogens is 1. The fraction of sp³-hybridized carbons (Fsp3) is 0.192. The standard InChI is InChI=1S/C26H24N4O2/c1-15(2)32-26(31)24-23(21(13-27)16(3)30-25(24)28)19-10-7-11-22-20(19)12-18(14-29-22)17-8-5-4-6-9-17/h4-12,14-15,23,30H,28H2,1-3H3/t23-/m1/s1. The highest BCUT2D eigenvalue weighted by Gasteiger charge is 2.36. The lowest BCUT2D eigenvalue weighted by molar-refractivity contribution is -0.143. The van der Waals surface area contributed by atoms with Crippen LogP contribution in [-0.4, -0.2) is 17.1 Å². The third-order valence-corrected chi connectivity index (χ3v) is 5.45. The number of nitrogens with one attached hydrogen (secondary N) is 1. The first-order chi connectivity index (χ1) is 15.4. The van der Waals surface area contributed by atoms with Crippen LogP contribution in [0, 0.1) is 11.3 Å². The van der Waals surface area contributed by atoms with Gasteiger partial charge in [0.1, 0.15) is 5.82 Å². The fourth-order valence-electron chi connectivity index (χ4n) is 4.03. The number of esters is 1. The minimum atomic E-state index is -0.663. The summed E-state index contributed by atoms with van der Waals surface area (Å²) in [6.07, 6.45) is 1.51. The molecule has 1 aliphatic heterocycles. The molecular formula is C26H24N4O2. The highest BCUT2D eigenvalue weighted by molar-refractivity contribution is 5.96. The summed E-state index contributed by atoms with van der Waals surface area (Å²) >= 11 is 0. The van der Waals surface area contributed by atoms with Gasteiger partial charge in [-0.3, -0.25) is 4.98 Å². The van der Waals surface area contributed by atoms with Crippen LogP contribution in [0.1, 0.15) is 32.3 Å². The topological polar surface area (TPSA) is 101 Å². The van der Waals surface area contributed by atoms with E-state index < -0.39 is 11.9 Å². The molecule has 2 heterocycles. The van der Waals surface area contributed by atoms with Crippen LogP contribution in [0.15, 0.2) is 83.5 Å². The Bertz CT molecular complexity index is 1300. The minimum Gasteiger partial charge on any atom is -0.459 e. The molecule has 160 valence electrons. The normalized spacial score (nSPS) is 16.2. The van der Waals surface area contributed by atoms with Crippen LogP contribution in [-0.2, 0) is 9.53 Å². The smallest absolute Gasteiger partial charge is 0.338 e. The molecule has 0 saturated heterocycles. The van der Waals surface area contributed by atoms with E-state index in [-0.39, 0.29) is 17.5 Å². The van der Waals surface area contributed by atoms with Crippen LogP contribution < -0.4 is 11.1 Å². The van der Waals surface area contributed by atoms with Crippen molar-refractivity contribution in [3.05, 3.63) is 89.0 Å². The van der Waals surface area contributed by atoms with E-state index in [9.17, 15) is 10.1 Å². The van der Waals surface area contributed by atoms with Crippen molar-refractivity contribution in [2.45, 2.75) is 32.8 Å². The summed E-state index contributed by atoms with van der Waals surface area (Å²) < 4.78 is 5.48. The number of hydrogen-bond acceptors (Lipinski definition) is 6. The van der Waals surface area contributed by atoms with Gasteiger partial charge >= 0.3 is 5.97 Å². The maximum Gasteiger partial charge on any atom is 0.338 e. The lowest BCUT2D eigenvalue weighted by Gasteiger charge is -2.29. The molecule has 4 rings (SSSR count). The molecule has 1 aromatic heterocycles. The summed E-state index contributed by atoms with van der Waals surface area (Å²) in [4.78, 5) is 17.7. The zero-order valence-electron chi connectivity index (χ0n) is 18.2. The van der Waals surface area contributed by atoms with Gasteiger partial charge in [0.05, 0.1) is 34.8 Å². The Labute approximate surface area is 187 Å². The monoisotopic (exact) mass is 424 g/mol. The van der Waals surface area contributed by atoms with E-state index in [0.717, 1.165) is 27.6 Å². The Morgan fingerprint density at radius 3 is 2.59 bits per heavy atom. The molecule has 1 aliphatic rings. The molecule has 3 N–H and O–H groups in total. The number of fused-ring (bicyclic) bond motifs is 1. The van der Waals surface area contributed by atoms with Crippen molar-refractivity contribution in [3.63, 3.8) is 0 Å². The molecule has 6 heteroatoms. The number of pyridine rings is 1. The Kier molecular flexibility index (Phi) is 5.65. The van der Waals surface area contributed by atoms with E-state index in [4.69, 9.17) is 10.5 Å². The molecular weight excluding hydrogens is 400 g/mol. The average Bonchev–Trinajstić information content (AvgIpc) is 2.78. The molecule has 0 spiro atoms. The van der Waals surface area contributed by atoms with Crippen molar-refractivity contribution in [1.29, 1.82) is 5.26 Å². The van der Waals surface area contributed by atoms with Crippen molar-refractivity contribution in [2.24, 2.45) is 5.73 Å². The fourth-order valence-corrected chi connectivity index (χ4v) is 4.03. The summed E-state index contributed by atoms with van der Waals surface area (Å²) in [6.45, 7) is 5.34. The quantitative estimate of drug-likeness (QED) is 0.598. The molecule has 0 bridgehead atoms. The number of benzene rings is 2. The minimum absolute atomic E-state index is 0.196. The molecule has 1 atom stereocenters. The van der Waals surface area contributed by atoms with Crippen LogP contribution in [0.5, 0.6) is 0 Å². The number of ether oxygens (including phenoxy) is 1. The van der Waals surface area contributed by atoms with Crippen molar-refractivity contribution in [3.8, 4) is 17.2 Å². The number of carbonyl (C=O) groups excluding carboxylic acids is 1. The first kappa shape index (κ1) is 21.1. The first-order valence-corrected chi connectivity index (χ1v) is 10.4. The summed E-state index contributed by atoms with van der Waals surface area (Å²) in [5.41, 5.74) is 11.1. The summed E-state index contributed by atoms with van der Waals surface area (Å²) in [5, 5.41) is 13.8. The maximum atomic E-state index is 13.0. The van der Waals surface area contributed by atoms with E-state index in [1.54, 1.807) is 20.8 Å². The molecule has 0 unspecified atom stereocenters. The third kappa shape index (κ3) is 3.81. The van der Waals surface area contributed by atoms with Gasteiger partial charge in [0.15, 0.2) is 0 Å².